The fraction of sp³-hybridized carbons (Fsp3) is 0.156. The quantitative estimate of drug-likeness (QED) is 0.243. The maximum atomic E-state index is 13.0. The molecule has 0 spiro atoms. The average Bonchev–Trinajstić information content (AvgIpc) is 2.96. The Balaban J connectivity index is 1.53. The number of carbonyl (C=O) groups is 3. The summed E-state index contributed by atoms with van der Waals surface area (Å²) >= 11 is 0. The van der Waals surface area contributed by atoms with Crippen LogP contribution in [0.3, 0.4) is 0 Å². The third kappa shape index (κ3) is 7.94. The number of nitrogens with two attached hydrogens (primary N) is 1. The van der Waals surface area contributed by atoms with Crippen LogP contribution >= 0.6 is 0 Å². The van der Waals surface area contributed by atoms with Crippen molar-refractivity contribution in [2.75, 3.05) is 5.32 Å². The molecule has 0 bridgehead atoms. The van der Waals surface area contributed by atoms with E-state index in [1.165, 1.54) is 6.92 Å². The standard InChI is InChI=1S/C32H31N3O5/c1-22(36)34-27-15-9-8-14-26(27)32(38)35-28(31(33)37)18-25-16-17-29(39-20-23-10-4-2-5-11-23)30(19-25)40-21-24-12-6-3-7-13-24/h2-17,19,28H,18,20-21H2,1H3,(H2,33,37)(H,34,36)(H,35,38)/t28-/m0/s1. The first kappa shape index (κ1) is 27.9. The molecule has 40 heavy (non-hydrogen) atoms. The van der Waals surface area contributed by atoms with Gasteiger partial charge in [0.15, 0.2) is 11.5 Å². The molecule has 0 aliphatic carbocycles. The number of carbonyl (C=O) groups excluding carboxylic acids is 3. The Morgan fingerprint density at radius 2 is 1.30 bits per heavy atom. The summed E-state index contributed by atoms with van der Waals surface area (Å²) in [6, 6.07) is 30.4. The number of nitrogens with one attached hydrogen (secondary N) is 2. The molecule has 0 saturated heterocycles. The van der Waals surface area contributed by atoms with Crippen LogP contribution in [-0.4, -0.2) is 23.8 Å². The molecule has 3 amide bonds. The van der Waals surface area contributed by atoms with Crippen molar-refractivity contribution in [2.45, 2.75) is 32.6 Å². The molecule has 204 valence electrons. The van der Waals surface area contributed by atoms with Crippen molar-refractivity contribution in [1.29, 1.82) is 0 Å². The van der Waals surface area contributed by atoms with Gasteiger partial charge in [-0.1, -0.05) is 78.9 Å². The summed E-state index contributed by atoms with van der Waals surface area (Å²) in [6.07, 6.45) is 0.129. The maximum Gasteiger partial charge on any atom is 0.254 e. The van der Waals surface area contributed by atoms with Gasteiger partial charge in [-0.2, -0.15) is 0 Å². The van der Waals surface area contributed by atoms with Gasteiger partial charge in [-0.3, -0.25) is 14.4 Å². The Kier molecular flexibility index (Phi) is 9.50. The lowest BCUT2D eigenvalue weighted by Crippen LogP contribution is -2.46. The monoisotopic (exact) mass is 537 g/mol. The zero-order chi connectivity index (χ0) is 28.3. The molecule has 0 saturated carbocycles. The van der Waals surface area contributed by atoms with Crippen LogP contribution in [0.2, 0.25) is 0 Å². The van der Waals surface area contributed by atoms with E-state index in [0.717, 1.165) is 16.7 Å². The summed E-state index contributed by atoms with van der Waals surface area (Å²) in [5, 5.41) is 5.32. The van der Waals surface area contributed by atoms with Crippen LogP contribution in [0, 0.1) is 0 Å². The molecule has 4 N–H and O–H groups in total. The zero-order valence-electron chi connectivity index (χ0n) is 22.1. The van der Waals surface area contributed by atoms with E-state index in [0.29, 0.717) is 30.4 Å². The van der Waals surface area contributed by atoms with E-state index in [1.54, 1.807) is 36.4 Å². The van der Waals surface area contributed by atoms with Gasteiger partial charge in [0, 0.05) is 13.3 Å². The summed E-state index contributed by atoms with van der Waals surface area (Å²) in [5.74, 6) is -0.488. The molecule has 0 radical (unpaired) electrons. The molecular formula is C32H31N3O5. The SMILES string of the molecule is CC(=O)Nc1ccccc1C(=O)N[C@@H](Cc1ccc(OCc2ccccc2)c(OCc2ccccc2)c1)C(N)=O. The highest BCUT2D eigenvalue weighted by Crippen LogP contribution is 2.31. The smallest absolute Gasteiger partial charge is 0.254 e. The fourth-order valence-corrected chi connectivity index (χ4v) is 4.06. The number of anilines is 1. The number of rotatable bonds is 12. The molecule has 8 nitrogen and oxygen atoms in total. The van der Waals surface area contributed by atoms with E-state index in [1.807, 2.05) is 66.7 Å². The Labute approximate surface area is 233 Å². The van der Waals surface area contributed by atoms with E-state index >= 15 is 0 Å². The Hall–Kier alpha value is -5.11. The molecule has 4 rings (SSSR count). The number of primary amides is 1. The van der Waals surface area contributed by atoms with E-state index in [-0.39, 0.29) is 17.9 Å². The molecule has 4 aromatic rings. The van der Waals surface area contributed by atoms with Gasteiger partial charge in [-0.15, -0.1) is 0 Å². The number of hydrogen-bond acceptors (Lipinski definition) is 5. The minimum Gasteiger partial charge on any atom is -0.485 e. The number of para-hydroxylation sites is 1. The second-order valence-electron chi connectivity index (χ2n) is 9.19. The normalized spacial score (nSPS) is 11.2. The molecule has 0 fully saturated rings. The van der Waals surface area contributed by atoms with Gasteiger partial charge in [0.05, 0.1) is 11.3 Å². The molecule has 0 heterocycles. The third-order valence-electron chi connectivity index (χ3n) is 6.05. The summed E-state index contributed by atoms with van der Waals surface area (Å²) in [4.78, 5) is 36.9. The van der Waals surface area contributed by atoms with Crippen molar-refractivity contribution in [3.05, 3.63) is 125 Å². The third-order valence-corrected chi connectivity index (χ3v) is 6.05. The van der Waals surface area contributed by atoms with Gasteiger partial charge >= 0.3 is 0 Å². The van der Waals surface area contributed by atoms with Gasteiger partial charge in [0.25, 0.3) is 5.91 Å². The van der Waals surface area contributed by atoms with Crippen molar-refractivity contribution < 1.29 is 23.9 Å². The lowest BCUT2D eigenvalue weighted by molar-refractivity contribution is -0.119. The molecule has 4 aromatic carbocycles. The van der Waals surface area contributed by atoms with Crippen molar-refractivity contribution in [3.8, 4) is 11.5 Å². The summed E-state index contributed by atoms with van der Waals surface area (Å²) in [7, 11) is 0. The van der Waals surface area contributed by atoms with Crippen LogP contribution in [0.4, 0.5) is 5.69 Å². The molecular weight excluding hydrogens is 506 g/mol. The van der Waals surface area contributed by atoms with E-state index in [2.05, 4.69) is 10.6 Å². The molecule has 0 aliphatic rings. The highest BCUT2D eigenvalue weighted by molar-refractivity contribution is 6.04. The number of benzene rings is 4. The first-order chi connectivity index (χ1) is 19.4. The van der Waals surface area contributed by atoms with Crippen LogP contribution in [0.1, 0.15) is 34.0 Å². The lowest BCUT2D eigenvalue weighted by atomic mass is 10.0. The molecule has 0 aromatic heterocycles. The second kappa shape index (κ2) is 13.6. The van der Waals surface area contributed by atoms with Crippen molar-refractivity contribution in [2.24, 2.45) is 5.73 Å². The van der Waals surface area contributed by atoms with Gasteiger partial charge in [0.2, 0.25) is 11.8 Å². The first-order valence-corrected chi connectivity index (χ1v) is 12.8. The minimum absolute atomic E-state index is 0.129. The number of ether oxygens (including phenoxy) is 2. The number of amides is 3. The zero-order valence-corrected chi connectivity index (χ0v) is 22.1. The van der Waals surface area contributed by atoms with E-state index in [9.17, 15) is 14.4 Å². The molecule has 8 heteroatoms. The van der Waals surface area contributed by atoms with Crippen LogP contribution in [-0.2, 0) is 29.2 Å². The second-order valence-corrected chi connectivity index (χ2v) is 9.19. The maximum absolute atomic E-state index is 13.0. The summed E-state index contributed by atoms with van der Waals surface area (Å²) in [5.41, 5.74) is 8.94. The molecule has 0 aliphatic heterocycles. The summed E-state index contributed by atoms with van der Waals surface area (Å²) < 4.78 is 12.2. The number of hydrogen-bond donors (Lipinski definition) is 3. The fourth-order valence-electron chi connectivity index (χ4n) is 4.06. The van der Waals surface area contributed by atoms with Crippen molar-refractivity contribution in [1.82, 2.24) is 5.32 Å². The highest BCUT2D eigenvalue weighted by atomic mass is 16.5. The molecule has 0 unspecified atom stereocenters. The van der Waals surface area contributed by atoms with Gasteiger partial charge in [-0.25, -0.2) is 0 Å². The predicted molar refractivity (Wildman–Crippen MR) is 153 cm³/mol. The van der Waals surface area contributed by atoms with E-state index < -0.39 is 17.9 Å². The Morgan fingerprint density at radius 3 is 1.90 bits per heavy atom. The lowest BCUT2D eigenvalue weighted by Gasteiger charge is -2.19. The Bertz CT molecular complexity index is 1460. The van der Waals surface area contributed by atoms with Gasteiger partial charge in [-0.05, 0) is 41.0 Å². The minimum atomic E-state index is -1.00. The van der Waals surface area contributed by atoms with Crippen LogP contribution in [0.5, 0.6) is 11.5 Å². The highest BCUT2D eigenvalue weighted by Gasteiger charge is 2.22. The average molecular weight is 538 g/mol. The summed E-state index contributed by atoms with van der Waals surface area (Å²) in [6.45, 7) is 2.03. The van der Waals surface area contributed by atoms with Gasteiger partial charge in [0.1, 0.15) is 19.3 Å². The van der Waals surface area contributed by atoms with Crippen LogP contribution in [0.15, 0.2) is 103 Å². The van der Waals surface area contributed by atoms with Crippen LogP contribution < -0.4 is 25.8 Å². The Morgan fingerprint density at radius 1 is 0.725 bits per heavy atom. The predicted octanol–water partition coefficient (Wildman–Crippen LogP) is 4.63. The first-order valence-electron chi connectivity index (χ1n) is 12.8. The van der Waals surface area contributed by atoms with Crippen LogP contribution in [0.25, 0.3) is 0 Å². The molecule has 1 atom stereocenters. The van der Waals surface area contributed by atoms with E-state index in [4.69, 9.17) is 15.2 Å². The topological polar surface area (TPSA) is 120 Å². The largest absolute Gasteiger partial charge is 0.485 e. The van der Waals surface area contributed by atoms with Gasteiger partial charge < -0.3 is 25.8 Å². The van der Waals surface area contributed by atoms with Crippen molar-refractivity contribution >= 4 is 23.4 Å². The van der Waals surface area contributed by atoms with Crippen molar-refractivity contribution in [3.63, 3.8) is 0 Å².